The molecule has 12 heteroatoms. The number of para-hydroxylation sites is 1. The van der Waals surface area contributed by atoms with Crippen molar-refractivity contribution in [3.8, 4) is 28.8 Å². The van der Waals surface area contributed by atoms with Gasteiger partial charge in [-0.1, -0.05) is 56.1 Å². The van der Waals surface area contributed by atoms with Gasteiger partial charge in [-0.05, 0) is 80.4 Å². The molecule has 0 bridgehead atoms. The predicted molar refractivity (Wildman–Crippen MR) is 185 cm³/mol. The van der Waals surface area contributed by atoms with Crippen LogP contribution in [0.5, 0.6) is 17.2 Å². The molecular formula is C32H21Br4N3O5. The lowest BCUT2D eigenvalue weighted by Gasteiger charge is -2.16. The zero-order valence-corrected chi connectivity index (χ0v) is 29.5. The third-order valence-corrected chi connectivity index (χ3v) is 10.2. The number of nitrogens with zero attached hydrogens (tertiary/aromatic N) is 3. The van der Waals surface area contributed by atoms with E-state index in [1.54, 1.807) is 50.8 Å². The average Bonchev–Trinajstić information content (AvgIpc) is 3.47. The molecule has 6 rings (SSSR count). The molecular weight excluding hydrogens is 826 g/mol. The highest BCUT2D eigenvalue weighted by molar-refractivity contribution is 9.13. The molecule has 0 aliphatic heterocycles. The average molecular weight is 847 g/mol. The van der Waals surface area contributed by atoms with Crippen molar-refractivity contribution in [1.82, 2.24) is 9.66 Å². The molecule has 4 aromatic carbocycles. The quantitative estimate of drug-likeness (QED) is 0.142. The van der Waals surface area contributed by atoms with Gasteiger partial charge in [0.1, 0.15) is 17.9 Å². The molecule has 2 heterocycles. The van der Waals surface area contributed by atoms with Crippen molar-refractivity contribution in [3.63, 3.8) is 0 Å². The first-order valence-corrected chi connectivity index (χ1v) is 16.2. The van der Waals surface area contributed by atoms with Gasteiger partial charge in [-0.15, -0.1) is 0 Å². The Kier molecular flexibility index (Phi) is 8.95. The molecule has 2 aromatic heterocycles. The van der Waals surface area contributed by atoms with E-state index in [0.29, 0.717) is 60.6 Å². The number of furan rings is 1. The summed E-state index contributed by atoms with van der Waals surface area (Å²) in [6.45, 7) is 0.298. The Balaban J connectivity index is 1.43. The summed E-state index contributed by atoms with van der Waals surface area (Å²) in [6, 6.07) is 22.1. The van der Waals surface area contributed by atoms with Gasteiger partial charge in [-0.3, -0.25) is 4.79 Å². The topological polar surface area (TPSA) is 88.1 Å². The van der Waals surface area contributed by atoms with E-state index in [1.165, 1.54) is 4.68 Å². The minimum absolute atomic E-state index is 0.241. The summed E-state index contributed by atoms with van der Waals surface area (Å²) in [5, 5.41) is 5.78. The zero-order chi connectivity index (χ0) is 31.0. The Bertz CT molecular complexity index is 2140. The van der Waals surface area contributed by atoms with Gasteiger partial charge in [0, 0.05) is 24.5 Å². The van der Waals surface area contributed by atoms with Crippen LogP contribution in [0, 0.1) is 0 Å². The van der Waals surface area contributed by atoms with E-state index in [9.17, 15) is 4.79 Å². The number of rotatable bonds is 8. The van der Waals surface area contributed by atoms with Crippen LogP contribution in [0.3, 0.4) is 0 Å². The second kappa shape index (κ2) is 12.9. The molecule has 0 saturated carbocycles. The Morgan fingerprint density at radius 1 is 0.886 bits per heavy atom. The van der Waals surface area contributed by atoms with Crippen LogP contribution in [0.4, 0.5) is 0 Å². The molecule has 0 spiro atoms. The van der Waals surface area contributed by atoms with Crippen LogP contribution in [0.1, 0.15) is 11.1 Å². The second-order valence-corrected chi connectivity index (χ2v) is 12.8. The Morgan fingerprint density at radius 2 is 1.68 bits per heavy atom. The number of aromatic nitrogens is 2. The van der Waals surface area contributed by atoms with E-state index in [2.05, 4.69) is 68.8 Å². The normalized spacial score (nSPS) is 11.5. The summed E-state index contributed by atoms with van der Waals surface area (Å²) >= 11 is 14.3. The largest absolute Gasteiger partial charge is 0.496 e. The van der Waals surface area contributed by atoms with Crippen molar-refractivity contribution in [1.29, 1.82) is 0 Å². The first-order chi connectivity index (χ1) is 21.3. The van der Waals surface area contributed by atoms with E-state index < -0.39 is 0 Å². The molecule has 0 aliphatic rings. The van der Waals surface area contributed by atoms with Crippen LogP contribution in [-0.2, 0) is 6.61 Å². The standard InChI is InChI=1S/C32H21Br4N3O5/c1-41-24-8-5-9-25-21(24)14-27(44-25)31-38-23-7-4-3-6-20(23)32(40)39(31)37-15-18-12-26(42-2)30(29(36)28(18)35)43-16-17-10-11-19(33)13-22(17)34/h3-15H,16H2,1-2H3. The summed E-state index contributed by atoms with van der Waals surface area (Å²) in [7, 11) is 3.15. The van der Waals surface area contributed by atoms with E-state index in [1.807, 2.05) is 42.5 Å². The van der Waals surface area contributed by atoms with E-state index in [4.69, 9.17) is 23.6 Å². The van der Waals surface area contributed by atoms with Crippen molar-refractivity contribution in [2.24, 2.45) is 5.10 Å². The summed E-state index contributed by atoms with van der Waals surface area (Å²) in [6.07, 6.45) is 1.55. The predicted octanol–water partition coefficient (Wildman–Crippen LogP) is 9.34. The third-order valence-electron chi connectivity index (χ3n) is 6.79. The molecule has 8 nitrogen and oxygen atoms in total. The van der Waals surface area contributed by atoms with Crippen molar-refractivity contribution in [2.45, 2.75) is 6.61 Å². The Hall–Kier alpha value is -3.45. The molecule has 0 fully saturated rings. The van der Waals surface area contributed by atoms with Crippen LogP contribution in [-0.4, -0.2) is 30.1 Å². The fourth-order valence-electron chi connectivity index (χ4n) is 4.61. The van der Waals surface area contributed by atoms with Gasteiger partial charge < -0.3 is 18.6 Å². The molecule has 0 radical (unpaired) electrons. The summed E-state index contributed by atoms with van der Waals surface area (Å²) < 4.78 is 27.9. The SMILES string of the molecule is COc1cc(C=Nn2c(-c3cc4c(OC)cccc4o3)nc3ccccc3c2=O)c(Br)c(Br)c1OCc1ccc(Br)cc1Br. The number of benzene rings is 4. The number of hydrogen-bond donors (Lipinski definition) is 0. The fourth-order valence-corrected chi connectivity index (χ4v) is 6.70. The van der Waals surface area contributed by atoms with Crippen molar-refractivity contribution >= 4 is 91.8 Å². The van der Waals surface area contributed by atoms with Gasteiger partial charge >= 0.3 is 0 Å². The smallest absolute Gasteiger partial charge is 0.282 e. The third kappa shape index (κ3) is 5.83. The highest BCUT2D eigenvalue weighted by Gasteiger charge is 2.20. The Morgan fingerprint density at radius 3 is 2.45 bits per heavy atom. The van der Waals surface area contributed by atoms with Gasteiger partial charge in [-0.25, -0.2) is 4.98 Å². The summed E-state index contributed by atoms with van der Waals surface area (Å²) in [5.41, 5.74) is 2.36. The lowest BCUT2D eigenvalue weighted by Crippen LogP contribution is -2.20. The monoisotopic (exact) mass is 843 g/mol. The lowest BCUT2D eigenvalue weighted by atomic mass is 10.2. The van der Waals surface area contributed by atoms with Crippen LogP contribution < -0.4 is 19.8 Å². The molecule has 0 unspecified atom stereocenters. The molecule has 0 atom stereocenters. The first kappa shape index (κ1) is 30.6. The first-order valence-electron chi connectivity index (χ1n) is 13.0. The second-order valence-electron chi connectivity index (χ2n) is 9.45. The van der Waals surface area contributed by atoms with Crippen molar-refractivity contribution < 1.29 is 18.6 Å². The molecule has 0 aliphatic carbocycles. The number of methoxy groups -OCH3 is 2. The molecule has 222 valence electrons. The van der Waals surface area contributed by atoms with Crippen LogP contribution in [0.25, 0.3) is 33.5 Å². The number of fused-ring (bicyclic) bond motifs is 2. The minimum atomic E-state index is -0.351. The minimum Gasteiger partial charge on any atom is -0.496 e. The lowest BCUT2D eigenvalue weighted by molar-refractivity contribution is 0.281. The molecule has 0 N–H and O–H groups in total. The maximum atomic E-state index is 13.8. The molecule has 6 aromatic rings. The van der Waals surface area contributed by atoms with E-state index in [-0.39, 0.29) is 11.4 Å². The van der Waals surface area contributed by atoms with Gasteiger partial charge in [0.2, 0.25) is 5.82 Å². The molecule has 44 heavy (non-hydrogen) atoms. The van der Waals surface area contributed by atoms with Crippen molar-refractivity contribution in [2.75, 3.05) is 14.2 Å². The highest BCUT2D eigenvalue weighted by Crippen LogP contribution is 2.43. The van der Waals surface area contributed by atoms with Crippen LogP contribution >= 0.6 is 63.7 Å². The van der Waals surface area contributed by atoms with Gasteiger partial charge in [0.15, 0.2) is 17.3 Å². The molecule has 0 saturated heterocycles. The summed E-state index contributed by atoms with van der Waals surface area (Å²) in [5.74, 6) is 2.23. The van der Waals surface area contributed by atoms with E-state index >= 15 is 0 Å². The number of halogens is 4. The van der Waals surface area contributed by atoms with Crippen LogP contribution in [0.2, 0.25) is 0 Å². The zero-order valence-electron chi connectivity index (χ0n) is 23.1. The number of hydrogen-bond acceptors (Lipinski definition) is 7. The number of ether oxygens (including phenoxy) is 3. The van der Waals surface area contributed by atoms with Gasteiger partial charge in [0.05, 0.1) is 41.2 Å². The fraction of sp³-hybridized carbons (Fsp3) is 0.0938. The van der Waals surface area contributed by atoms with Crippen LogP contribution in [0.15, 0.2) is 105 Å². The van der Waals surface area contributed by atoms with Crippen molar-refractivity contribution in [3.05, 3.63) is 112 Å². The maximum Gasteiger partial charge on any atom is 0.282 e. The Labute approximate surface area is 285 Å². The maximum absolute atomic E-state index is 13.8. The summed E-state index contributed by atoms with van der Waals surface area (Å²) in [4.78, 5) is 18.5. The highest BCUT2D eigenvalue weighted by atomic mass is 79.9. The van der Waals surface area contributed by atoms with E-state index in [0.717, 1.165) is 19.9 Å². The van der Waals surface area contributed by atoms with Gasteiger partial charge in [-0.2, -0.15) is 9.78 Å². The van der Waals surface area contributed by atoms with Gasteiger partial charge in [0.25, 0.3) is 5.56 Å². The molecule has 0 amide bonds.